The summed E-state index contributed by atoms with van der Waals surface area (Å²) in [5, 5.41) is 16.0. The summed E-state index contributed by atoms with van der Waals surface area (Å²) in [6, 6.07) is 14.9. The Morgan fingerprint density at radius 1 is 1.25 bits per heavy atom. The predicted molar refractivity (Wildman–Crippen MR) is 104 cm³/mol. The Kier molecular flexibility index (Phi) is 5.14. The largest absolute Gasteiger partial charge is 0.497 e. The van der Waals surface area contributed by atoms with Crippen LogP contribution in [0.3, 0.4) is 0 Å². The maximum atomic E-state index is 12.3. The van der Waals surface area contributed by atoms with Crippen LogP contribution in [0.1, 0.15) is 5.56 Å². The number of nitrogens with zero attached hydrogens (tertiary/aromatic N) is 1. The van der Waals surface area contributed by atoms with Gasteiger partial charge in [0.05, 0.1) is 24.2 Å². The number of carbonyl (C=O) groups is 1. The summed E-state index contributed by atoms with van der Waals surface area (Å²) in [5.41, 5.74) is 2.62. The van der Waals surface area contributed by atoms with Gasteiger partial charge in [-0.25, -0.2) is 9.78 Å². The molecule has 1 aliphatic rings. The molecular formula is C20H22N4O4. The number of para-hydroxylation sites is 2. The summed E-state index contributed by atoms with van der Waals surface area (Å²) >= 11 is 0. The van der Waals surface area contributed by atoms with Gasteiger partial charge in [-0.1, -0.05) is 24.3 Å². The van der Waals surface area contributed by atoms with Crippen molar-refractivity contribution >= 4 is 23.1 Å². The summed E-state index contributed by atoms with van der Waals surface area (Å²) in [7, 11) is 1.62. The second kappa shape index (κ2) is 7.87. The number of aromatic amines is 1. The monoisotopic (exact) mass is 382 g/mol. The third kappa shape index (κ3) is 3.92. The van der Waals surface area contributed by atoms with E-state index in [4.69, 9.17) is 9.47 Å². The number of imidazole rings is 1. The predicted octanol–water partition coefficient (Wildman–Crippen LogP) is 2.06. The van der Waals surface area contributed by atoms with Crippen LogP contribution in [0.15, 0.2) is 48.5 Å². The van der Waals surface area contributed by atoms with Crippen LogP contribution in [0.2, 0.25) is 0 Å². The Morgan fingerprint density at radius 3 is 2.79 bits per heavy atom. The molecule has 2 heterocycles. The van der Waals surface area contributed by atoms with Gasteiger partial charge in [-0.15, -0.1) is 0 Å². The quantitative estimate of drug-likeness (QED) is 0.538. The number of fused-ring (bicyclic) bond motifs is 1. The minimum Gasteiger partial charge on any atom is -0.497 e. The van der Waals surface area contributed by atoms with E-state index < -0.39 is 18.3 Å². The fraction of sp³-hybridized carbons (Fsp3) is 0.300. The van der Waals surface area contributed by atoms with Gasteiger partial charge in [0.15, 0.2) is 0 Å². The molecule has 0 saturated carbocycles. The highest BCUT2D eigenvalue weighted by atomic mass is 16.6. The zero-order valence-electron chi connectivity index (χ0n) is 15.4. The standard InChI is InChI=1S/C20H22N4O4/c1-27-13-8-6-12(7-9-13)10-16-18(17(25)11-21-16)28-20(26)24-19-22-14-4-2-3-5-15(14)23-19/h2-9,16-18,21,25H,10-11H2,1H3,(H2,22,23,24,26)/t16-,17?,18+/m1/s1. The number of anilines is 1. The number of nitrogens with one attached hydrogen (secondary N) is 3. The first-order valence-corrected chi connectivity index (χ1v) is 9.09. The molecule has 1 unspecified atom stereocenters. The number of carbonyl (C=O) groups excluding carboxylic acids is 1. The second-order valence-corrected chi connectivity index (χ2v) is 6.73. The van der Waals surface area contributed by atoms with Gasteiger partial charge in [0.1, 0.15) is 18.0 Å². The molecule has 146 valence electrons. The molecule has 2 aromatic carbocycles. The maximum Gasteiger partial charge on any atom is 0.414 e. The van der Waals surface area contributed by atoms with Crippen molar-refractivity contribution in [2.75, 3.05) is 19.0 Å². The third-order valence-electron chi connectivity index (χ3n) is 4.83. The van der Waals surface area contributed by atoms with E-state index in [9.17, 15) is 9.90 Å². The van der Waals surface area contributed by atoms with Crippen molar-refractivity contribution in [3.63, 3.8) is 0 Å². The van der Waals surface area contributed by atoms with Crippen molar-refractivity contribution in [3.8, 4) is 5.75 Å². The van der Waals surface area contributed by atoms with Crippen molar-refractivity contribution in [2.45, 2.75) is 24.7 Å². The molecule has 3 aromatic rings. The van der Waals surface area contributed by atoms with Gasteiger partial charge < -0.3 is 24.9 Å². The molecule has 1 aliphatic heterocycles. The topological polar surface area (TPSA) is 108 Å². The van der Waals surface area contributed by atoms with E-state index in [-0.39, 0.29) is 6.04 Å². The number of aliphatic hydroxyl groups is 1. The number of hydrogen-bond donors (Lipinski definition) is 4. The molecule has 8 nitrogen and oxygen atoms in total. The molecule has 0 aliphatic carbocycles. The van der Waals surface area contributed by atoms with Crippen LogP contribution in [-0.2, 0) is 11.2 Å². The summed E-state index contributed by atoms with van der Waals surface area (Å²) < 4.78 is 10.7. The highest BCUT2D eigenvalue weighted by molar-refractivity contribution is 5.86. The van der Waals surface area contributed by atoms with E-state index in [0.29, 0.717) is 18.9 Å². The minimum atomic E-state index is -0.773. The number of amides is 1. The first kappa shape index (κ1) is 18.3. The van der Waals surface area contributed by atoms with Gasteiger partial charge in [0.2, 0.25) is 5.95 Å². The minimum absolute atomic E-state index is 0.190. The lowest BCUT2D eigenvalue weighted by atomic mass is 10.0. The zero-order valence-corrected chi connectivity index (χ0v) is 15.4. The Balaban J connectivity index is 1.40. The van der Waals surface area contributed by atoms with Gasteiger partial charge in [-0.2, -0.15) is 0 Å². The smallest absolute Gasteiger partial charge is 0.414 e. The molecule has 4 rings (SSSR count). The molecule has 1 amide bonds. The Labute approximate surface area is 161 Å². The fourth-order valence-corrected chi connectivity index (χ4v) is 3.40. The number of aromatic nitrogens is 2. The lowest BCUT2D eigenvalue weighted by molar-refractivity contribution is 0.0254. The van der Waals surface area contributed by atoms with E-state index >= 15 is 0 Å². The Morgan fingerprint density at radius 2 is 2.04 bits per heavy atom. The average molecular weight is 382 g/mol. The SMILES string of the molecule is COc1ccc(C[C@H]2NCC(O)[C@H]2OC(=O)Nc2nc3ccccc3[nH]2)cc1. The van der Waals surface area contributed by atoms with Crippen molar-refractivity contribution in [2.24, 2.45) is 0 Å². The van der Waals surface area contributed by atoms with Crippen LogP contribution in [0, 0.1) is 0 Å². The number of methoxy groups -OCH3 is 1. The van der Waals surface area contributed by atoms with Crippen LogP contribution in [0.25, 0.3) is 11.0 Å². The van der Waals surface area contributed by atoms with Crippen molar-refractivity contribution in [3.05, 3.63) is 54.1 Å². The van der Waals surface area contributed by atoms with Crippen LogP contribution in [0.5, 0.6) is 5.75 Å². The number of aliphatic hydroxyl groups excluding tert-OH is 1. The normalized spacial score (nSPS) is 21.6. The lowest BCUT2D eigenvalue weighted by Gasteiger charge is -2.22. The average Bonchev–Trinajstić information content (AvgIpc) is 3.26. The third-order valence-corrected chi connectivity index (χ3v) is 4.83. The first-order valence-electron chi connectivity index (χ1n) is 9.09. The van der Waals surface area contributed by atoms with E-state index in [1.165, 1.54) is 0 Å². The fourth-order valence-electron chi connectivity index (χ4n) is 3.40. The Hall–Kier alpha value is -3.10. The van der Waals surface area contributed by atoms with Gasteiger partial charge in [0, 0.05) is 6.54 Å². The van der Waals surface area contributed by atoms with Crippen molar-refractivity contribution in [1.82, 2.24) is 15.3 Å². The molecule has 0 radical (unpaired) electrons. The molecule has 4 N–H and O–H groups in total. The van der Waals surface area contributed by atoms with E-state index in [1.54, 1.807) is 7.11 Å². The molecule has 3 atom stereocenters. The van der Waals surface area contributed by atoms with Gasteiger partial charge in [0.25, 0.3) is 0 Å². The molecule has 1 saturated heterocycles. The van der Waals surface area contributed by atoms with Crippen molar-refractivity contribution < 1.29 is 19.4 Å². The lowest BCUT2D eigenvalue weighted by Crippen LogP contribution is -2.40. The van der Waals surface area contributed by atoms with E-state index in [2.05, 4.69) is 20.6 Å². The maximum absolute atomic E-state index is 12.3. The molecule has 28 heavy (non-hydrogen) atoms. The molecule has 1 aromatic heterocycles. The summed E-state index contributed by atoms with van der Waals surface area (Å²) in [5.74, 6) is 1.08. The molecular weight excluding hydrogens is 360 g/mol. The Bertz CT molecular complexity index is 923. The van der Waals surface area contributed by atoms with E-state index in [0.717, 1.165) is 22.3 Å². The molecule has 8 heteroatoms. The van der Waals surface area contributed by atoms with Crippen LogP contribution in [-0.4, -0.2) is 53.1 Å². The van der Waals surface area contributed by atoms with Crippen LogP contribution in [0.4, 0.5) is 10.7 Å². The van der Waals surface area contributed by atoms with Gasteiger partial charge in [-0.05, 0) is 36.2 Å². The highest BCUT2D eigenvalue weighted by Gasteiger charge is 2.37. The number of benzene rings is 2. The second-order valence-electron chi connectivity index (χ2n) is 6.73. The van der Waals surface area contributed by atoms with Crippen LogP contribution < -0.4 is 15.4 Å². The van der Waals surface area contributed by atoms with Gasteiger partial charge >= 0.3 is 6.09 Å². The number of ether oxygens (including phenoxy) is 2. The summed E-state index contributed by atoms with van der Waals surface area (Å²) in [6.45, 7) is 0.364. The number of H-pyrrole nitrogens is 1. The number of β-amino-alcohol motifs (C(OH)–C–C–N with tert-alkyl or cyclic N) is 1. The highest BCUT2D eigenvalue weighted by Crippen LogP contribution is 2.20. The summed E-state index contributed by atoms with van der Waals surface area (Å²) in [6.07, 6.45) is -1.48. The summed E-state index contributed by atoms with van der Waals surface area (Å²) in [4.78, 5) is 19.6. The van der Waals surface area contributed by atoms with Crippen LogP contribution >= 0.6 is 0 Å². The number of hydrogen-bond acceptors (Lipinski definition) is 6. The molecule has 0 bridgehead atoms. The van der Waals surface area contributed by atoms with Crippen molar-refractivity contribution in [1.29, 1.82) is 0 Å². The van der Waals surface area contributed by atoms with Gasteiger partial charge in [-0.3, -0.25) is 5.32 Å². The first-order chi connectivity index (χ1) is 13.6. The number of rotatable bonds is 5. The molecule has 0 spiro atoms. The molecule has 1 fully saturated rings. The zero-order chi connectivity index (χ0) is 19.5. The van der Waals surface area contributed by atoms with E-state index in [1.807, 2.05) is 48.5 Å².